The molecule has 4 rings (SSSR count). The summed E-state index contributed by atoms with van der Waals surface area (Å²) in [4.78, 5) is 16.5. The zero-order chi connectivity index (χ0) is 16.7. The summed E-state index contributed by atoms with van der Waals surface area (Å²) in [6.45, 7) is 1.09. The number of aromatic nitrogens is 1. The number of hydrogen-bond acceptors (Lipinski definition) is 5. The van der Waals surface area contributed by atoms with Crippen LogP contribution >= 0.6 is 0 Å². The first-order valence-corrected chi connectivity index (χ1v) is 9.85. The summed E-state index contributed by atoms with van der Waals surface area (Å²) < 4.78 is 32.2. The van der Waals surface area contributed by atoms with Crippen LogP contribution in [0.5, 0.6) is 0 Å². The Hall–Kier alpha value is -1.51. The molecule has 0 radical (unpaired) electrons. The van der Waals surface area contributed by atoms with Crippen molar-refractivity contribution in [2.75, 3.05) is 13.1 Å². The summed E-state index contributed by atoms with van der Waals surface area (Å²) in [5.41, 5.74) is 0.936. The molecule has 3 heterocycles. The van der Waals surface area contributed by atoms with Gasteiger partial charge < -0.3 is 10.1 Å². The molecule has 2 saturated heterocycles. The summed E-state index contributed by atoms with van der Waals surface area (Å²) in [7, 11) is -3.21. The predicted molar refractivity (Wildman–Crippen MR) is 86.4 cm³/mol. The van der Waals surface area contributed by atoms with Crippen molar-refractivity contribution in [1.82, 2.24) is 14.6 Å². The van der Waals surface area contributed by atoms with E-state index >= 15 is 0 Å². The molecule has 1 saturated carbocycles. The van der Waals surface area contributed by atoms with E-state index in [-0.39, 0.29) is 29.3 Å². The summed E-state index contributed by atoms with van der Waals surface area (Å²) in [6.07, 6.45) is 4.98. The van der Waals surface area contributed by atoms with Gasteiger partial charge in [-0.2, -0.15) is 4.31 Å². The Morgan fingerprint density at radius 1 is 1.38 bits per heavy atom. The van der Waals surface area contributed by atoms with Crippen molar-refractivity contribution in [1.29, 1.82) is 0 Å². The topological polar surface area (TPSA) is 88.6 Å². The fourth-order valence-electron chi connectivity index (χ4n) is 3.51. The van der Waals surface area contributed by atoms with E-state index in [1.54, 1.807) is 12.4 Å². The number of carbonyl (C=O) groups excluding carboxylic acids is 1. The van der Waals surface area contributed by atoms with Gasteiger partial charge in [0, 0.05) is 32.0 Å². The molecule has 3 aliphatic rings. The third-order valence-electron chi connectivity index (χ3n) is 4.96. The van der Waals surface area contributed by atoms with Crippen LogP contribution in [0.1, 0.15) is 24.8 Å². The van der Waals surface area contributed by atoms with Crippen LogP contribution in [-0.2, 0) is 26.1 Å². The molecule has 1 N–H and O–H groups in total. The van der Waals surface area contributed by atoms with Gasteiger partial charge in [-0.25, -0.2) is 8.42 Å². The zero-order valence-corrected chi connectivity index (χ0v) is 14.1. The van der Waals surface area contributed by atoms with Gasteiger partial charge in [0.05, 0.1) is 23.4 Å². The molecule has 7 nitrogen and oxygen atoms in total. The van der Waals surface area contributed by atoms with Crippen molar-refractivity contribution >= 4 is 15.9 Å². The van der Waals surface area contributed by atoms with Gasteiger partial charge in [0.2, 0.25) is 15.9 Å². The minimum atomic E-state index is -3.21. The number of nitrogens with zero attached hydrogens (tertiary/aromatic N) is 2. The number of pyridine rings is 1. The maximum Gasteiger partial charge on any atom is 0.226 e. The summed E-state index contributed by atoms with van der Waals surface area (Å²) >= 11 is 0. The first-order valence-electron chi connectivity index (χ1n) is 8.35. The summed E-state index contributed by atoms with van der Waals surface area (Å²) in [5, 5.41) is 2.70. The number of ether oxygens (including phenoxy) is 1. The Balaban J connectivity index is 1.38. The average molecular weight is 351 g/mol. The Morgan fingerprint density at radius 2 is 2.21 bits per heavy atom. The lowest BCUT2D eigenvalue weighted by Crippen LogP contribution is -2.48. The van der Waals surface area contributed by atoms with Gasteiger partial charge in [0.25, 0.3) is 0 Å². The van der Waals surface area contributed by atoms with Gasteiger partial charge in [-0.3, -0.25) is 9.78 Å². The molecule has 24 heavy (non-hydrogen) atoms. The minimum Gasteiger partial charge on any atom is -0.371 e. The van der Waals surface area contributed by atoms with Gasteiger partial charge >= 0.3 is 0 Å². The fourth-order valence-corrected chi connectivity index (χ4v) is 5.39. The van der Waals surface area contributed by atoms with Gasteiger partial charge in [-0.15, -0.1) is 0 Å². The zero-order valence-electron chi connectivity index (χ0n) is 13.3. The van der Waals surface area contributed by atoms with Crippen LogP contribution in [-0.4, -0.2) is 54.2 Å². The van der Waals surface area contributed by atoms with E-state index < -0.39 is 10.0 Å². The van der Waals surface area contributed by atoms with E-state index in [0.29, 0.717) is 26.1 Å². The van der Waals surface area contributed by atoms with Crippen molar-refractivity contribution in [3.63, 3.8) is 0 Å². The van der Waals surface area contributed by atoms with E-state index in [1.165, 1.54) is 4.31 Å². The third-order valence-corrected chi connectivity index (χ3v) is 7.29. The molecule has 1 aromatic heterocycles. The standard InChI is InChI=1S/C16H21N3O4S/c20-16(18-8-11-2-1-5-17-7-11)14-6-12-9-19(10-15(14)23-12)24(21,22)13-3-4-13/h1-2,5,7,12-15H,3-4,6,8-10H2,(H,18,20)/t12-,14+,15-/m0/s1. The van der Waals surface area contributed by atoms with E-state index in [0.717, 1.165) is 18.4 Å². The van der Waals surface area contributed by atoms with Crippen LogP contribution in [0.15, 0.2) is 24.5 Å². The quantitative estimate of drug-likeness (QED) is 0.823. The molecular weight excluding hydrogens is 330 g/mol. The molecule has 2 aliphatic heterocycles. The molecular formula is C16H21N3O4S. The number of carbonyl (C=O) groups is 1. The van der Waals surface area contributed by atoms with Gasteiger partial charge in [0.15, 0.2) is 0 Å². The number of rotatable bonds is 5. The number of fused-ring (bicyclic) bond motifs is 2. The minimum absolute atomic E-state index is 0.0722. The molecule has 130 valence electrons. The Bertz CT molecular complexity index is 720. The highest BCUT2D eigenvalue weighted by Gasteiger charge is 2.50. The van der Waals surface area contributed by atoms with Crippen LogP contribution in [0.25, 0.3) is 0 Å². The number of hydrogen-bond donors (Lipinski definition) is 1. The molecule has 3 fully saturated rings. The molecule has 2 bridgehead atoms. The lowest BCUT2D eigenvalue weighted by molar-refractivity contribution is -0.127. The highest BCUT2D eigenvalue weighted by Crippen LogP contribution is 2.37. The fraction of sp³-hybridized carbons (Fsp3) is 0.625. The lowest BCUT2D eigenvalue weighted by atomic mass is 9.99. The van der Waals surface area contributed by atoms with E-state index in [1.807, 2.05) is 12.1 Å². The smallest absolute Gasteiger partial charge is 0.226 e. The van der Waals surface area contributed by atoms with Crippen molar-refractivity contribution in [2.45, 2.75) is 43.3 Å². The number of morpholine rings is 1. The normalized spacial score (nSPS) is 30.2. The first-order chi connectivity index (χ1) is 11.5. The number of nitrogens with one attached hydrogen (secondary N) is 1. The SMILES string of the molecule is O=C(NCc1cccnc1)[C@@H]1C[C@H]2CN(S(=O)(=O)C3CC3)C[C@@H]1O2. The van der Waals surface area contributed by atoms with Gasteiger partial charge in [-0.05, 0) is 30.9 Å². The van der Waals surface area contributed by atoms with Crippen LogP contribution in [0, 0.1) is 5.92 Å². The molecule has 1 aromatic rings. The average Bonchev–Trinajstić information content (AvgIpc) is 3.40. The second-order valence-corrected chi connectivity index (χ2v) is 8.99. The van der Waals surface area contributed by atoms with Crippen LogP contribution < -0.4 is 5.32 Å². The van der Waals surface area contributed by atoms with Gasteiger partial charge in [0.1, 0.15) is 0 Å². The number of amides is 1. The molecule has 8 heteroatoms. The van der Waals surface area contributed by atoms with Crippen LogP contribution in [0.2, 0.25) is 0 Å². The van der Waals surface area contributed by atoms with Crippen molar-refractivity contribution in [3.05, 3.63) is 30.1 Å². The number of sulfonamides is 1. The Labute approximate surface area is 141 Å². The van der Waals surface area contributed by atoms with Crippen LogP contribution in [0.4, 0.5) is 0 Å². The molecule has 0 unspecified atom stereocenters. The van der Waals surface area contributed by atoms with Crippen molar-refractivity contribution in [3.8, 4) is 0 Å². The lowest BCUT2D eigenvalue weighted by Gasteiger charge is -2.32. The molecule has 1 aliphatic carbocycles. The van der Waals surface area contributed by atoms with Crippen molar-refractivity contribution < 1.29 is 17.9 Å². The Kier molecular flexibility index (Phi) is 4.06. The highest BCUT2D eigenvalue weighted by atomic mass is 32.2. The Morgan fingerprint density at radius 3 is 2.92 bits per heavy atom. The highest BCUT2D eigenvalue weighted by molar-refractivity contribution is 7.90. The summed E-state index contributed by atoms with van der Waals surface area (Å²) in [6, 6.07) is 3.73. The molecule has 0 spiro atoms. The maximum atomic E-state index is 12.5. The van der Waals surface area contributed by atoms with E-state index in [9.17, 15) is 13.2 Å². The van der Waals surface area contributed by atoms with E-state index in [2.05, 4.69) is 10.3 Å². The first kappa shape index (κ1) is 16.0. The second kappa shape index (κ2) is 6.09. The van der Waals surface area contributed by atoms with Crippen LogP contribution in [0.3, 0.4) is 0 Å². The summed E-state index contributed by atoms with van der Waals surface area (Å²) in [5.74, 6) is -0.358. The monoisotopic (exact) mass is 351 g/mol. The second-order valence-electron chi connectivity index (χ2n) is 6.78. The molecule has 1 amide bonds. The molecule has 3 atom stereocenters. The maximum absolute atomic E-state index is 12.5. The third kappa shape index (κ3) is 3.05. The van der Waals surface area contributed by atoms with Crippen molar-refractivity contribution in [2.24, 2.45) is 5.92 Å². The van der Waals surface area contributed by atoms with Gasteiger partial charge in [-0.1, -0.05) is 6.07 Å². The predicted octanol–water partition coefficient (Wildman–Crippen LogP) is 0.279. The largest absolute Gasteiger partial charge is 0.371 e. The molecule has 0 aromatic carbocycles. The van der Waals surface area contributed by atoms with E-state index in [4.69, 9.17) is 4.74 Å².